The molecule has 0 aliphatic carbocycles. The fourth-order valence-electron chi connectivity index (χ4n) is 1.69. The first kappa shape index (κ1) is 13.4. The zero-order valence-corrected chi connectivity index (χ0v) is 11.1. The van der Waals surface area contributed by atoms with Crippen LogP contribution in [0, 0.1) is 0 Å². The lowest BCUT2D eigenvalue weighted by molar-refractivity contribution is 0.591. The van der Waals surface area contributed by atoms with Gasteiger partial charge in [0.15, 0.2) is 0 Å². The van der Waals surface area contributed by atoms with Gasteiger partial charge in [-0.2, -0.15) is 0 Å². The van der Waals surface area contributed by atoms with Crippen molar-refractivity contribution in [1.82, 2.24) is 9.55 Å². The van der Waals surface area contributed by atoms with Crippen molar-refractivity contribution in [1.29, 1.82) is 0 Å². The molecule has 4 heteroatoms. The molecule has 0 N–H and O–H groups in total. The minimum atomic E-state index is -0.649. The lowest BCUT2D eigenvalue weighted by Crippen LogP contribution is -2.04. The van der Waals surface area contributed by atoms with E-state index in [1.165, 1.54) is 18.7 Å². The molecule has 0 amide bonds. The summed E-state index contributed by atoms with van der Waals surface area (Å²) in [6, 6.07) is 0. The molecule has 0 aliphatic heterocycles. The van der Waals surface area contributed by atoms with Gasteiger partial charge in [0.25, 0.3) is 0 Å². The van der Waals surface area contributed by atoms with Gasteiger partial charge >= 0.3 is 0 Å². The number of hydrogen-bond donors (Lipinski definition) is 0. The molecule has 0 radical (unpaired) electrons. The minimum Gasteiger partial charge on any atom is -0.335 e. The molecule has 1 aromatic rings. The highest BCUT2D eigenvalue weighted by Gasteiger charge is 2.01. The Balaban J connectivity index is 2.29. The van der Waals surface area contributed by atoms with Gasteiger partial charge in [-0.05, 0) is 19.3 Å². The summed E-state index contributed by atoms with van der Waals surface area (Å²) in [5.74, 6) is 2.01. The van der Waals surface area contributed by atoms with Gasteiger partial charge in [-0.3, -0.25) is 4.21 Å². The Kier molecular flexibility index (Phi) is 6.38. The average molecular weight is 242 g/mol. The summed E-state index contributed by atoms with van der Waals surface area (Å²) in [7, 11) is -0.649. The molecule has 1 aromatic heterocycles. The number of nitrogens with zero attached hydrogens (tertiary/aromatic N) is 2. The third kappa shape index (κ3) is 4.92. The highest BCUT2D eigenvalue weighted by Crippen LogP contribution is 2.05. The lowest BCUT2D eigenvalue weighted by Gasteiger charge is -2.06. The standard InChI is InChI=1S/C12H22N2OS/c1-3-4-7-12-13-8-10-14(12)9-5-6-11-16(2)15/h8,10H,3-7,9,11H2,1-2H3. The van der Waals surface area contributed by atoms with E-state index in [2.05, 4.69) is 16.5 Å². The van der Waals surface area contributed by atoms with Gasteiger partial charge in [0.1, 0.15) is 5.82 Å². The van der Waals surface area contributed by atoms with E-state index in [0.29, 0.717) is 0 Å². The molecule has 0 spiro atoms. The summed E-state index contributed by atoms with van der Waals surface area (Å²) < 4.78 is 13.1. The molecule has 0 saturated heterocycles. The molecule has 0 bridgehead atoms. The fourth-order valence-corrected chi connectivity index (χ4v) is 2.30. The van der Waals surface area contributed by atoms with Crippen LogP contribution in [-0.2, 0) is 23.8 Å². The molecule has 1 unspecified atom stereocenters. The van der Waals surface area contributed by atoms with Gasteiger partial charge in [-0.1, -0.05) is 13.3 Å². The first-order valence-electron chi connectivity index (χ1n) is 6.04. The Hall–Kier alpha value is -0.640. The molecular weight excluding hydrogens is 220 g/mol. The van der Waals surface area contributed by atoms with Crippen LogP contribution >= 0.6 is 0 Å². The highest BCUT2D eigenvalue weighted by molar-refractivity contribution is 7.84. The van der Waals surface area contributed by atoms with E-state index >= 15 is 0 Å². The Morgan fingerprint density at radius 2 is 2.19 bits per heavy atom. The quantitative estimate of drug-likeness (QED) is 0.656. The molecule has 1 rings (SSSR count). The summed E-state index contributed by atoms with van der Waals surface area (Å²) in [5, 5.41) is 0. The lowest BCUT2D eigenvalue weighted by atomic mass is 10.2. The fraction of sp³-hybridized carbons (Fsp3) is 0.750. The van der Waals surface area contributed by atoms with Gasteiger partial charge in [0, 0.05) is 48.2 Å². The van der Waals surface area contributed by atoms with E-state index in [0.717, 1.165) is 31.6 Å². The van der Waals surface area contributed by atoms with Crippen LogP contribution in [0.2, 0.25) is 0 Å². The average Bonchev–Trinajstić information content (AvgIpc) is 2.69. The number of rotatable bonds is 8. The maximum atomic E-state index is 10.9. The number of unbranched alkanes of at least 4 members (excludes halogenated alkanes) is 2. The van der Waals surface area contributed by atoms with E-state index < -0.39 is 10.8 Å². The van der Waals surface area contributed by atoms with Crippen LogP contribution in [0.25, 0.3) is 0 Å². The molecule has 0 saturated carbocycles. The Labute approximate surface area is 101 Å². The summed E-state index contributed by atoms with van der Waals surface area (Å²) in [5.41, 5.74) is 0. The van der Waals surface area contributed by atoms with E-state index in [9.17, 15) is 4.21 Å². The molecule has 3 nitrogen and oxygen atoms in total. The molecule has 0 aromatic carbocycles. The van der Waals surface area contributed by atoms with Crippen LogP contribution in [0.5, 0.6) is 0 Å². The molecule has 0 aliphatic rings. The van der Waals surface area contributed by atoms with Crippen LogP contribution < -0.4 is 0 Å². The molecule has 16 heavy (non-hydrogen) atoms. The molecule has 92 valence electrons. The van der Waals surface area contributed by atoms with Crippen molar-refractivity contribution in [2.75, 3.05) is 12.0 Å². The minimum absolute atomic E-state index is 0.649. The van der Waals surface area contributed by atoms with E-state index in [1.54, 1.807) is 6.26 Å². The Morgan fingerprint density at radius 3 is 2.88 bits per heavy atom. The second kappa shape index (κ2) is 7.60. The summed E-state index contributed by atoms with van der Waals surface area (Å²) in [6.45, 7) is 3.21. The predicted molar refractivity (Wildman–Crippen MR) is 69.0 cm³/mol. The van der Waals surface area contributed by atoms with Crippen molar-refractivity contribution in [2.24, 2.45) is 0 Å². The van der Waals surface area contributed by atoms with E-state index in [1.807, 2.05) is 12.4 Å². The second-order valence-electron chi connectivity index (χ2n) is 4.12. The van der Waals surface area contributed by atoms with Gasteiger partial charge in [-0.25, -0.2) is 4.98 Å². The van der Waals surface area contributed by atoms with Gasteiger partial charge in [0.05, 0.1) is 0 Å². The Bertz CT molecular complexity index is 323. The van der Waals surface area contributed by atoms with Crippen LogP contribution in [0.3, 0.4) is 0 Å². The second-order valence-corrected chi connectivity index (χ2v) is 5.68. The molecule has 1 heterocycles. The van der Waals surface area contributed by atoms with Crippen molar-refractivity contribution < 1.29 is 4.21 Å². The summed E-state index contributed by atoms with van der Waals surface area (Å²) >= 11 is 0. The summed E-state index contributed by atoms with van der Waals surface area (Å²) in [6.07, 6.45) is 11.3. The summed E-state index contributed by atoms with van der Waals surface area (Å²) in [4.78, 5) is 4.37. The monoisotopic (exact) mass is 242 g/mol. The number of aryl methyl sites for hydroxylation is 2. The number of hydrogen-bond acceptors (Lipinski definition) is 2. The number of imidazole rings is 1. The van der Waals surface area contributed by atoms with Crippen molar-refractivity contribution in [3.8, 4) is 0 Å². The molecule has 0 fully saturated rings. The van der Waals surface area contributed by atoms with Crippen LogP contribution in [0.4, 0.5) is 0 Å². The van der Waals surface area contributed by atoms with Crippen molar-refractivity contribution >= 4 is 10.8 Å². The largest absolute Gasteiger partial charge is 0.335 e. The zero-order chi connectivity index (χ0) is 11.8. The topological polar surface area (TPSA) is 34.9 Å². The maximum Gasteiger partial charge on any atom is 0.108 e. The van der Waals surface area contributed by atoms with Crippen LogP contribution in [0.15, 0.2) is 12.4 Å². The smallest absolute Gasteiger partial charge is 0.108 e. The van der Waals surface area contributed by atoms with Crippen LogP contribution in [-0.4, -0.2) is 25.8 Å². The molecule has 1 atom stereocenters. The number of aromatic nitrogens is 2. The van der Waals surface area contributed by atoms with Gasteiger partial charge in [0.2, 0.25) is 0 Å². The zero-order valence-electron chi connectivity index (χ0n) is 10.3. The third-order valence-electron chi connectivity index (χ3n) is 2.64. The normalized spacial score (nSPS) is 12.9. The molecular formula is C12H22N2OS. The highest BCUT2D eigenvalue weighted by atomic mass is 32.2. The van der Waals surface area contributed by atoms with Crippen molar-refractivity contribution in [3.05, 3.63) is 18.2 Å². The van der Waals surface area contributed by atoms with Crippen molar-refractivity contribution in [2.45, 2.75) is 45.6 Å². The van der Waals surface area contributed by atoms with Gasteiger partial charge in [-0.15, -0.1) is 0 Å². The van der Waals surface area contributed by atoms with Crippen LogP contribution in [0.1, 0.15) is 38.4 Å². The van der Waals surface area contributed by atoms with E-state index in [4.69, 9.17) is 0 Å². The first-order chi connectivity index (χ1) is 7.74. The van der Waals surface area contributed by atoms with Crippen molar-refractivity contribution in [3.63, 3.8) is 0 Å². The van der Waals surface area contributed by atoms with E-state index in [-0.39, 0.29) is 0 Å². The Morgan fingerprint density at radius 1 is 1.38 bits per heavy atom. The SMILES string of the molecule is CCCCc1nccn1CCCCS(C)=O. The van der Waals surface area contributed by atoms with Gasteiger partial charge < -0.3 is 4.57 Å². The first-order valence-corrected chi connectivity index (χ1v) is 7.76. The predicted octanol–water partition coefficient (Wildman–Crippen LogP) is 2.38. The maximum absolute atomic E-state index is 10.9. The third-order valence-corrected chi connectivity index (χ3v) is 3.50.